The van der Waals surface area contributed by atoms with E-state index >= 15 is 0 Å². The van der Waals surface area contributed by atoms with Crippen molar-refractivity contribution in [2.24, 2.45) is 23.2 Å². The lowest BCUT2D eigenvalue weighted by molar-refractivity contribution is -0.153. The van der Waals surface area contributed by atoms with Crippen molar-refractivity contribution in [1.82, 2.24) is 0 Å². The highest BCUT2D eigenvalue weighted by atomic mass is 28.4. The van der Waals surface area contributed by atoms with Crippen molar-refractivity contribution < 1.29 is 23.4 Å². The molecule has 206 valence electrons. The zero-order chi connectivity index (χ0) is 27.5. The van der Waals surface area contributed by atoms with Crippen LogP contribution >= 0.6 is 0 Å². The molecule has 3 unspecified atom stereocenters. The van der Waals surface area contributed by atoms with Gasteiger partial charge in [-0.1, -0.05) is 53.7 Å². The van der Waals surface area contributed by atoms with Crippen molar-refractivity contribution in [3.63, 3.8) is 0 Å². The van der Waals surface area contributed by atoms with Gasteiger partial charge in [0.2, 0.25) is 8.32 Å². The van der Waals surface area contributed by atoms with Crippen molar-refractivity contribution in [2.75, 3.05) is 20.8 Å². The molecule has 6 heteroatoms. The smallest absolute Gasteiger partial charge is 0.311 e. The van der Waals surface area contributed by atoms with Crippen molar-refractivity contribution in [2.45, 2.75) is 96.9 Å². The number of hydrogen-bond acceptors (Lipinski definition) is 5. The SMILES string of the molecule is COc1cc2c(cc1OC)[C@]1(C=CC3C(COC(=O)C(C)(C)C)C31)[C@@H](O[Si](C(C)C)(C(C)C)C(C)C)C2. The molecule has 1 saturated carbocycles. The lowest BCUT2D eigenvalue weighted by Gasteiger charge is -2.47. The minimum atomic E-state index is -2.15. The molecule has 3 aliphatic carbocycles. The molecular formula is C31H48O5Si. The highest BCUT2D eigenvalue weighted by Crippen LogP contribution is 2.68. The van der Waals surface area contributed by atoms with Gasteiger partial charge in [-0.25, -0.2) is 0 Å². The average Bonchev–Trinajstić information content (AvgIpc) is 3.24. The van der Waals surface area contributed by atoms with Crippen molar-refractivity contribution in [3.05, 3.63) is 35.4 Å². The van der Waals surface area contributed by atoms with E-state index in [1.54, 1.807) is 14.2 Å². The molecule has 0 N–H and O–H groups in total. The lowest BCUT2D eigenvalue weighted by Crippen LogP contribution is -2.54. The minimum absolute atomic E-state index is 0.0488. The van der Waals surface area contributed by atoms with Gasteiger partial charge in [-0.05, 0) is 78.9 Å². The number of ether oxygens (including phenoxy) is 3. The molecule has 1 aromatic rings. The lowest BCUT2D eigenvalue weighted by atomic mass is 9.76. The Morgan fingerprint density at radius 2 is 1.57 bits per heavy atom. The summed E-state index contributed by atoms with van der Waals surface area (Å²) >= 11 is 0. The maximum Gasteiger partial charge on any atom is 0.311 e. The number of methoxy groups -OCH3 is 2. The molecule has 0 saturated heterocycles. The Morgan fingerprint density at radius 3 is 2.08 bits per heavy atom. The third kappa shape index (κ3) is 4.36. The Hall–Kier alpha value is -1.79. The van der Waals surface area contributed by atoms with E-state index in [9.17, 15) is 4.79 Å². The number of rotatable bonds is 9. The fourth-order valence-corrected chi connectivity index (χ4v) is 13.3. The summed E-state index contributed by atoms with van der Waals surface area (Å²) in [7, 11) is 1.25. The number of carbonyl (C=O) groups is 1. The molecule has 5 atom stereocenters. The van der Waals surface area contributed by atoms with E-state index in [2.05, 4.69) is 65.8 Å². The fourth-order valence-electron chi connectivity index (χ4n) is 7.74. The number of fused-ring (bicyclic) bond motifs is 4. The predicted octanol–water partition coefficient (Wildman–Crippen LogP) is 7.08. The van der Waals surface area contributed by atoms with Crippen LogP contribution < -0.4 is 9.47 Å². The van der Waals surface area contributed by atoms with Gasteiger partial charge in [-0.15, -0.1) is 0 Å². The molecule has 4 rings (SSSR count). The Bertz CT molecular complexity index is 1030. The van der Waals surface area contributed by atoms with E-state index in [-0.39, 0.29) is 17.5 Å². The molecule has 0 aliphatic heterocycles. The van der Waals surface area contributed by atoms with Crippen LogP contribution in [0.1, 0.15) is 73.4 Å². The predicted molar refractivity (Wildman–Crippen MR) is 151 cm³/mol. The van der Waals surface area contributed by atoms with E-state index in [0.717, 1.165) is 17.9 Å². The maximum absolute atomic E-state index is 12.6. The van der Waals surface area contributed by atoms with Gasteiger partial charge in [0.05, 0.1) is 32.3 Å². The number of allylic oxidation sites excluding steroid dienone is 1. The summed E-state index contributed by atoms with van der Waals surface area (Å²) in [5.41, 5.74) is 3.34. The van der Waals surface area contributed by atoms with Crippen LogP contribution in [0.15, 0.2) is 24.3 Å². The summed E-state index contributed by atoms with van der Waals surface area (Å²) in [6, 6.07) is 4.34. The van der Waals surface area contributed by atoms with Crippen LogP contribution in [0.4, 0.5) is 0 Å². The van der Waals surface area contributed by atoms with Gasteiger partial charge >= 0.3 is 5.97 Å². The van der Waals surface area contributed by atoms with Crippen molar-refractivity contribution in [1.29, 1.82) is 0 Å². The molecule has 5 nitrogen and oxygen atoms in total. The molecule has 1 aromatic carbocycles. The summed E-state index contributed by atoms with van der Waals surface area (Å²) in [5.74, 6) is 2.48. The van der Waals surface area contributed by atoms with Crippen LogP contribution in [0.2, 0.25) is 16.6 Å². The van der Waals surface area contributed by atoms with Crippen LogP contribution in [-0.2, 0) is 25.8 Å². The Labute approximate surface area is 225 Å². The summed E-state index contributed by atoms with van der Waals surface area (Å²) in [6.45, 7) is 20.3. The first-order valence-electron chi connectivity index (χ1n) is 14.0. The Kier molecular flexibility index (Phi) is 7.43. The maximum atomic E-state index is 12.6. The Balaban J connectivity index is 1.76. The number of hydrogen-bond donors (Lipinski definition) is 0. The first-order valence-corrected chi connectivity index (χ1v) is 16.2. The third-order valence-electron chi connectivity index (χ3n) is 9.46. The van der Waals surface area contributed by atoms with E-state index in [1.807, 2.05) is 20.8 Å². The molecule has 0 amide bonds. The molecule has 3 aliphatic rings. The average molecular weight is 529 g/mol. The molecular weight excluding hydrogens is 480 g/mol. The zero-order valence-electron chi connectivity index (χ0n) is 24.8. The molecule has 0 heterocycles. The standard InChI is InChI=1S/C31H48O5Si/c1-18(2)37(19(3)4,20(5)6)36-27-15-21-14-25(33-10)26(34-11)16-24(21)31(27)13-12-22-23(28(22)31)17-35-29(32)30(7,8)9/h12-14,16,18-20,22-23,27-28H,15,17H2,1-11H3/t22?,23?,27-,28?,31+/m0/s1. The first-order chi connectivity index (χ1) is 17.2. The summed E-state index contributed by atoms with van der Waals surface area (Å²) in [6.07, 6.45) is 5.70. The zero-order valence-corrected chi connectivity index (χ0v) is 25.8. The summed E-state index contributed by atoms with van der Waals surface area (Å²) < 4.78 is 24.9. The van der Waals surface area contributed by atoms with Gasteiger partial charge in [0, 0.05) is 11.3 Å². The van der Waals surface area contributed by atoms with Gasteiger partial charge in [0.15, 0.2) is 11.5 Å². The second-order valence-corrected chi connectivity index (χ2v) is 18.8. The van der Waals surface area contributed by atoms with Gasteiger partial charge in [0.1, 0.15) is 0 Å². The largest absolute Gasteiger partial charge is 0.493 e. The molecule has 0 bridgehead atoms. The monoisotopic (exact) mass is 528 g/mol. The third-order valence-corrected chi connectivity index (χ3v) is 15.6. The van der Waals surface area contributed by atoms with Crippen LogP contribution in [0.25, 0.3) is 0 Å². The van der Waals surface area contributed by atoms with Gasteiger partial charge in [-0.3, -0.25) is 4.79 Å². The second kappa shape index (κ2) is 9.75. The van der Waals surface area contributed by atoms with Gasteiger partial charge in [-0.2, -0.15) is 0 Å². The highest BCUT2D eigenvalue weighted by Gasteiger charge is 2.69. The van der Waals surface area contributed by atoms with E-state index in [1.165, 1.54) is 11.1 Å². The van der Waals surface area contributed by atoms with Crippen molar-refractivity contribution >= 4 is 14.3 Å². The van der Waals surface area contributed by atoms with E-state index in [4.69, 9.17) is 18.6 Å². The van der Waals surface area contributed by atoms with Crippen LogP contribution in [0, 0.1) is 23.2 Å². The van der Waals surface area contributed by atoms with Crippen LogP contribution in [-0.4, -0.2) is 41.2 Å². The van der Waals surface area contributed by atoms with Crippen LogP contribution in [0.5, 0.6) is 11.5 Å². The fraction of sp³-hybridized carbons (Fsp3) is 0.710. The summed E-state index contributed by atoms with van der Waals surface area (Å²) in [5, 5.41) is 0. The highest BCUT2D eigenvalue weighted by molar-refractivity contribution is 6.77. The number of benzene rings is 1. The van der Waals surface area contributed by atoms with Crippen molar-refractivity contribution in [3.8, 4) is 11.5 Å². The number of esters is 1. The normalized spacial score (nSPS) is 28.3. The second-order valence-electron chi connectivity index (χ2n) is 13.4. The van der Waals surface area contributed by atoms with Gasteiger partial charge in [0.25, 0.3) is 0 Å². The Morgan fingerprint density at radius 1 is 1.00 bits per heavy atom. The minimum Gasteiger partial charge on any atom is -0.493 e. The molecule has 1 spiro atoms. The molecule has 1 fully saturated rings. The number of carbonyl (C=O) groups excluding carboxylic acids is 1. The molecule has 0 aromatic heterocycles. The van der Waals surface area contributed by atoms with E-state index < -0.39 is 13.7 Å². The molecule has 0 radical (unpaired) electrons. The summed E-state index contributed by atoms with van der Waals surface area (Å²) in [4.78, 5) is 12.6. The topological polar surface area (TPSA) is 54.0 Å². The first kappa shape index (κ1) is 28.2. The quantitative estimate of drug-likeness (QED) is 0.195. The van der Waals surface area contributed by atoms with E-state index in [0.29, 0.717) is 41.0 Å². The molecule has 37 heavy (non-hydrogen) atoms. The van der Waals surface area contributed by atoms with Gasteiger partial charge < -0.3 is 18.6 Å². The van der Waals surface area contributed by atoms with Crippen LogP contribution in [0.3, 0.4) is 0 Å².